The molecule has 1 heterocycles. The number of nitrogens with zero attached hydrogens (tertiary/aromatic N) is 2. The molecule has 2 aromatic rings. The third-order valence-electron chi connectivity index (χ3n) is 3.71. The van der Waals surface area contributed by atoms with E-state index >= 15 is 0 Å². The lowest BCUT2D eigenvalue weighted by Gasteiger charge is -2.16. The van der Waals surface area contributed by atoms with Crippen molar-refractivity contribution < 1.29 is 14.3 Å². The van der Waals surface area contributed by atoms with E-state index < -0.39 is 0 Å². The van der Waals surface area contributed by atoms with Crippen LogP contribution >= 0.6 is 0 Å². The highest BCUT2D eigenvalue weighted by Gasteiger charge is 2.16. The summed E-state index contributed by atoms with van der Waals surface area (Å²) in [4.78, 5) is 12.3. The van der Waals surface area contributed by atoms with Crippen LogP contribution in [0.15, 0.2) is 30.5 Å². The Bertz CT molecular complexity index is 695. The van der Waals surface area contributed by atoms with Crippen LogP contribution in [0.1, 0.15) is 55.8 Å². The van der Waals surface area contributed by atoms with Gasteiger partial charge < -0.3 is 14.8 Å². The second-order valence-electron chi connectivity index (χ2n) is 5.81. The molecular formula is C18H25N3O3. The molecule has 0 spiro atoms. The number of hydrogen-bond acceptors (Lipinski definition) is 4. The molecule has 1 atom stereocenters. The monoisotopic (exact) mass is 331 g/mol. The number of carbonyl (C=O) groups excluding carboxylic acids is 1. The van der Waals surface area contributed by atoms with Crippen molar-refractivity contribution in [2.75, 3.05) is 13.7 Å². The summed E-state index contributed by atoms with van der Waals surface area (Å²) in [5.41, 5.74) is 1.35. The molecule has 0 bridgehead atoms. The van der Waals surface area contributed by atoms with E-state index in [2.05, 4.69) is 10.4 Å². The predicted molar refractivity (Wildman–Crippen MR) is 92.7 cm³/mol. The van der Waals surface area contributed by atoms with E-state index in [-0.39, 0.29) is 18.0 Å². The summed E-state index contributed by atoms with van der Waals surface area (Å²) in [6, 6.07) is 7.42. The fourth-order valence-corrected chi connectivity index (χ4v) is 2.33. The van der Waals surface area contributed by atoms with E-state index in [0.717, 1.165) is 5.56 Å². The van der Waals surface area contributed by atoms with Gasteiger partial charge in [-0.1, -0.05) is 6.07 Å². The lowest BCUT2D eigenvalue weighted by atomic mass is 10.1. The first-order chi connectivity index (χ1) is 11.5. The smallest absolute Gasteiger partial charge is 0.272 e. The van der Waals surface area contributed by atoms with Gasteiger partial charge in [-0.2, -0.15) is 5.10 Å². The molecule has 1 aromatic carbocycles. The average molecular weight is 331 g/mol. The molecule has 1 aromatic heterocycles. The topological polar surface area (TPSA) is 65.4 Å². The van der Waals surface area contributed by atoms with Crippen molar-refractivity contribution >= 4 is 5.91 Å². The van der Waals surface area contributed by atoms with E-state index in [1.807, 2.05) is 52.1 Å². The minimum atomic E-state index is -0.199. The minimum Gasteiger partial charge on any atom is -0.493 e. The number of amides is 1. The van der Waals surface area contributed by atoms with Crippen molar-refractivity contribution in [3.8, 4) is 11.5 Å². The second kappa shape index (κ2) is 7.86. The minimum absolute atomic E-state index is 0.175. The number of aromatic nitrogens is 2. The van der Waals surface area contributed by atoms with Gasteiger partial charge >= 0.3 is 0 Å². The molecule has 130 valence electrons. The van der Waals surface area contributed by atoms with Crippen LogP contribution in [0.4, 0.5) is 0 Å². The molecular weight excluding hydrogens is 306 g/mol. The maximum atomic E-state index is 12.3. The Morgan fingerprint density at radius 2 is 2.00 bits per heavy atom. The zero-order valence-corrected chi connectivity index (χ0v) is 14.9. The number of nitrogens with one attached hydrogen (secondary N) is 1. The van der Waals surface area contributed by atoms with Crippen LogP contribution in [0.5, 0.6) is 11.5 Å². The summed E-state index contributed by atoms with van der Waals surface area (Å²) >= 11 is 0. The maximum absolute atomic E-state index is 12.3. The SMILES string of the molecule is CCOc1ccc([C@@H](C)NC(=O)c2ccn(C(C)C)n2)cc1OC. The highest BCUT2D eigenvalue weighted by atomic mass is 16.5. The van der Waals surface area contributed by atoms with Crippen molar-refractivity contribution in [3.05, 3.63) is 41.7 Å². The van der Waals surface area contributed by atoms with Gasteiger partial charge in [0.2, 0.25) is 0 Å². The van der Waals surface area contributed by atoms with Gasteiger partial charge in [0.15, 0.2) is 11.5 Å². The summed E-state index contributed by atoms with van der Waals surface area (Å²) in [5.74, 6) is 1.15. The second-order valence-corrected chi connectivity index (χ2v) is 5.81. The Labute approximate surface area is 142 Å². The van der Waals surface area contributed by atoms with E-state index in [0.29, 0.717) is 23.8 Å². The lowest BCUT2D eigenvalue weighted by Crippen LogP contribution is -2.27. The first kappa shape index (κ1) is 17.8. The van der Waals surface area contributed by atoms with Gasteiger partial charge in [0, 0.05) is 12.2 Å². The molecule has 6 nitrogen and oxygen atoms in total. The fourth-order valence-electron chi connectivity index (χ4n) is 2.33. The molecule has 0 aliphatic carbocycles. The van der Waals surface area contributed by atoms with Gasteiger partial charge in [-0.15, -0.1) is 0 Å². The first-order valence-corrected chi connectivity index (χ1v) is 8.13. The molecule has 0 unspecified atom stereocenters. The maximum Gasteiger partial charge on any atom is 0.272 e. The number of benzene rings is 1. The molecule has 0 saturated carbocycles. The standard InChI is InChI=1S/C18H25N3O3/c1-6-24-16-8-7-14(11-17(16)23-5)13(4)19-18(22)15-9-10-21(20-15)12(2)3/h7-13H,6H2,1-5H3,(H,19,22)/t13-/m1/s1. The van der Waals surface area contributed by atoms with Crippen molar-refractivity contribution in [3.63, 3.8) is 0 Å². The molecule has 1 amide bonds. The van der Waals surface area contributed by atoms with Crippen molar-refractivity contribution in [2.45, 2.75) is 39.8 Å². The molecule has 0 fully saturated rings. The van der Waals surface area contributed by atoms with Crippen LogP contribution in [-0.4, -0.2) is 29.4 Å². The molecule has 0 aliphatic heterocycles. The third kappa shape index (κ3) is 4.07. The predicted octanol–water partition coefficient (Wildman–Crippen LogP) is 3.36. The first-order valence-electron chi connectivity index (χ1n) is 8.13. The average Bonchev–Trinajstić information content (AvgIpc) is 3.05. The van der Waals surface area contributed by atoms with Crippen molar-refractivity contribution in [1.29, 1.82) is 0 Å². The Hall–Kier alpha value is -2.50. The number of methoxy groups -OCH3 is 1. The van der Waals surface area contributed by atoms with Gasteiger partial charge in [0.25, 0.3) is 5.91 Å². The van der Waals surface area contributed by atoms with E-state index in [1.165, 1.54) is 0 Å². The van der Waals surface area contributed by atoms with Crippen LogP contribution in [0, 0.1) is 0 Å². The van der Waals surface area contributed by atoms with Crippen LogP contribution in [0.2, 0.25) is 0 Å². The normalized spacial score (nSPS) is 12.1. The molecule has 1 N–H and O–H groups in total. The Morgan fingerprint density at radius 1 is 1.25 bits per heavy atom. The summed E-state index contributed by atoms with van der Waals surface area (Å²) < 4.78 is 12.6. The van der Waals surface area contributed by atoms with Crippen molar-refractivity contribution in [2.24, 2.45) is 0 Å². The largest absolute Gasteiger partial charge is 0.493 e. The zero-order chi connectivity index (χ0) is 17.7. The number of carbonyl (C=O) groups is 1. The highest BCUT2D eigenvalue weighted by molar-refractivity contribution is 5.92. The van der Waals surface area contributed by atoms with Gasteiger partial charge in [-0.25, -0.2) is 0 Å². The van der Waals surface area contributed by atoms with E-state index in [1.54, 1.807) is 17.9 Å². The fraction of sp³-hybridized carbons (Fsp3) is 0.444. The van der Waals surface area contributed by atoms with Crippen LogP contribution < -0.4 is 14.8 Å². The van der Waals surface area contributed by atoms with Crippen LogP contribution in [0.3, 0.4) is 0 Å². The Kier molecular flexibility index (Phi) is 5.84. The van der Waals surface area contributed by atoms with Crippen LogP contribution in [-0.2, 0) is 0 Å². The number of rotatable bonds is 7. The number of hydrogen-bond donors (Lipinski definition) is 1. The molecule has 6 heteroatoms. The molecule has 2 rings (SSSR count). The summed E-state index contributed by atoms with van der Waals surface area (Å²) in [5, 5.41) is 7.24. The summed E-state index contributed by atoms with van der Waals surface area (Å²) in [7, 11) is 1.60. The van der Waals surface area contributed by atoms with Gasteiger partial charge in [0.1, 0.15) is 5.69 Å². The van der Waals surface area contributed by atoms with Crippen LogP contribution in [0.25, 0.3) is 0 Å². The number of ether oxygens (including phenoxy) is 2. The molecule has 0 aliphatic rings. The Balaban J connectivity index is 2.10. The highest BCUT2D eigenvalue weighted by Crippen LogP contribution is 2.30. The van der Waals surface area contributed by atoms with Gasteiger partial charge in [-0.05, 0) is 51.5 Å². The van der Waals surface area contributed by atoms with Gasteiger partial charge in [-0.3, -0.25) is 9.48 Å². The van der Waals surface area contributed by atoms with Crippen molar-refractivity contribution in [1.82, 2.24) is 15.1 Å². The Morgan fingerprint density at radius 3 is 2.58 bits per heavy atom. The molecule has 0 radical (unpaired) electrons. The lowest BCUT2D eigenvalue weighted by molar-refractivity contribution is 0.0933. The summed E-state index contributed by atoms with van der Waals surface area (Å²) in [6.07, 6.45) is 1.81. The summed E-state index contributed by atoms with van der Waals surface area (Å²) in [6.45, 7) is 8.45. The van der Waals surface area contributed by atoms with E-state index in [9.17, 15) is 4.79 Å². The van der Waals surface area contributed by atoms with E-state index in [4.69, 9.17) is 9.47 Å². The van der Waals surface area contributed by atoms with Gasteiger partial charge in [0.05, 0.1) is 19.8 Å². The zero-order valence-electron chi connectivity index (χ0n) is 14.9. The molecule has 24 heavy (non-hydrogen) atoms. The third-order valence-corrected chi connectivity index (χ3v) is 3.71. The quantitative estimate of drug-likeness (QED) is 0.845. The molecule has 0 saturated heterocycles.